The van der Waals surface area contributed by atoms with E-state index >= 15 is 0 Å². The van der Waals surface area contributed by atoms with Gasteiger partial charge >= 0.3 is 12.1 Å². The molecule has 1 fully saturated rings. The summed E-state index contributed by atoms with van der Waals surface area (Å²) in [6, 6.07) is 19.4. The lowest BCUT2D eigenvalue weighted by Gasteiger charge is -2.15. The van der Waals surface area contributed by atoms with Crippen molar-refractivity contribution in [2.45, 2.75) is 38.2 Å². The number of nitrogens with one attached hydrogen (secondary N) is 1. The number of carbonyl (C=O) groups is 2. The van der Waals surface area contributed by atoms with E-state index < -0.39 is 34.4 Å². The third-order valence-corrected chi connectivity index (χ3v) is 7.93. The summed E-state index contributed by atoms with van der Waals surface area (Å²) in [5.74, 6) is -1.75. The van der Waals surface area contributed by atoms with Gasteiger partial charge in [0.05, 0.1) is 22.6 Å². The predicted octanol–water partition coefficient (Wildman–Crippen LogP) is 8.40. The normalized spacial score (nSPS) is 14.3. The van der Waals surface area contributed by atoms with Gasteiger partial charge in [-0.25, -0.2) is 13.6 Å². The highest BCUT2D eigenvalue weighted by Crippen LogP contribution is 2.49. The van der Waals surface area contributed by atoms with Gasteiger partial charge in [-0.05, 0) is 61.1 Å². The fraction of sp³-hybridized carbons (Fsp3) is 0.226. The number of hydrogen-bond acceptors (Lipinski definition) is 5. The Morgan fingerprint density at radius 3 is 2.15 bits per heavy atom. The van der Waals surface area contributed by atoms with Crippen LogP contribution in [-0.2, 0) is 19.7 Å². The van der Waals surface area contributed by atoms with Crippen LogP contribution in [0.15, 0.2) is 72.8 Å². The molecule has 4 aromatic rings. The largest absolute Gasteiger partial charge is 0.465 e. The molecule has 1 aliphatic rings. The summed E-state index contributed by atoms with van der Waals surface area (Å²) in [5, 5.41) is 2.03. The standard InChI is InChI=1S/C31H26F3NO4S/c1-3-38-29(36)31(14-15-31)22-10-8-20(9-11-22)19-4-6-21(7-5-19)28-26(17-27(34)40-28)35-30(37)39-18(2)24-13-12-23(32)16-25(24)33/h4-13,16-18H,3,14-15H2,1-2H3,(H,35,37). The first-order valence-corrected chi connectivity index (χ1v) is 13.6. The lowest BCUT2D eigenvalue weighted by molar-refractivity contribution is -0.146. The molecule has 1 unspecified atom stereocenters. The van der Waals surface area contributed by atoms with E-state index in [1.165, 1.54) is 19.1 Å². The molecule has 1 amide bonds. The first-order valence-electron chi connectivity index (χ1n) is 12.8. The molecule has 3 aromatic carbocycles. The van der Waals surface area contributed by atoms with Gasteiger partial charge in [-0.1, -0.05) is 48.5 Å². The molecule has 0 aliphatic heterocycles. The quantitative estimate of drug-likeness (QED) is 0.218. The number of halogens is 3. The van der Waals surface area contributed by atoms with Crippen molar-refractivity contribution in [1.29, 1.82) is 0 Å². The van der Waals surface area contributed by atoms with Crippen molar-refractivity contribution < 1.29 is 32.2 Å². The highest BCUT2D eigenvalue weighted by Gasteiger charge is 2.52. The molecule has 1 atom stereocenters. The lowest BCUT2D eigenvalue weighted by Crippen LogP contribution is -2.23. The Hall–Kier alpha value is -4.11. The Balaban J connectivity index is 1.28. The smallest absolute Gasteiger partial charge is 0.412 e. The maximum atomic E-state index is 14.2. The minimum atomic E-state index is -0.995. The van der Waals surface area contributed by atoms with Gasteiger partial charge in [0.25, 0.3) is 0 Å². The summed E-state index contributed by atoms with van der Waals surface area (Å²) in [4.78, 5) is 25.4. The number of amides is 1. The average molecular weight is 566 g/mol. The molecule has 206 valence electrons. The summed E-state index contributed by atoms with van der Waals surface area (Å²) in [7, 11) is 0. The first kappa shape index (κ1) is 27.5. The highest BCUT2D eigenvalue weighted by atomic mass is 32.1. The number of anilines is 1. The van der Waals surface area contributed by atoms with E-state index in [2.05, 4.69) is 5.32 Å². The van der Waals surface area contributed by atoms with Crippen molar-refractivity contribution in [1.82, 2.24) is 0 Å². The Morgan fingerprint density at radius 1 is 0.925 bits per heavy atom. The first-order chi connectivity index (χ1) is 19.2. The van der Waals surface area contributed by atoms with Crippen LogP contribution in [0.2, 0.25) is 0 Å². The molecule has 9 heteroatoms. The van der Waals surface area contributed by atoms with Gasteiger partial charge in [0, 0.05) is 17.7 Å². The van der Waals surface area contributed by atoms with E-state index in [4.69, 9.17) is 9.47 Å². The number of ether oxygens (including phenoxy) is 2. The molecular weight excluding hydrogens is 539 g/mol. The minimum Gasteiger partial charge on any atom is -0.465 e. The van der Waals surface area contributed by atoms with Gasteiger partial charge in [0.15, 0.2) is 5.13 Å². The maximum Gasteiger partial charge on any atom is 0.412 e. The number of rotatable bonds is 8. The van der Waals surface area contributed by atoms with E-state index in [-0.39, 0.29) is 17.2 Å². The van der Waals surface area contributed by atoms with Crippen LogP contribution in [0.1, 0.15) is 43.9 Å². The zero-order valence-electron chi connectivity index (χ0n) is 21.8. The lowest BCUT2D eigenvalue weighted by atomic mass is 9.93. The number of esters is 1. The van der Waals surface area contributed by atoms with Crippen molar-refractivity contribution in [3.63, 3.8) is 0 Å². The monoisotopic (exact) mass is 565 g/mol. The predicted molar refractivity (Wildman–Crippen MR) is 148 cm³/mol. The second-order valence-corrected chi connectivity index (χ2v) is 10.6. The van der Waals surface area contributed by atoms with Crippen LogP contribution in [0.4, 0.5) is 23.7 Å². The topological polar surface area (TPSA) is 64.6 Å². The van der Waals surface area contributed by atoms with Gasteiger partial charge in [-0.15, -0.1) is 11.3 Å². The molecule has 0 radical (unpaired) electrons. The fourth-order valence-corrected chi connectivity index (χ4v) is 5.51. The van der Waals surface area contributed by atoms with Crippen molar-refractivity contribution in [3.05, 3.63) is 101 Å². The molecular formula is C31H26F3NO4S. The van der Waals surface area contributed by atoms with E-state index in [0.29, 0.717) is 23.1 Å². The van der Waals surface area contributed by atoms with Crippen LogP contribution in [0.5, 0.6) is 0 Å². The van der Waals surface area contributed by atoms with Gasteiger partial charge in [0.2, 0.25) is 0 Å². The molecule has 1 heterocycles. The summed E-state index contributed by atoms with van der Waals surface area (Å²) in [6.45, 7) is 3.61. The second-order valence-electron chi connectivity index (χ2n) is 9.59. The van der Waals surface area contributed by atoms with Crippen molar-refractivity contribution >= 4 is 29.1 Å². The molecule has 1 N–H and O–H groups in total. The third-order valence-electron chi connectivity index (χ3n) is 6.96. The Bertz CT molecular complexity index is 1550. The SMILES string of the molecule is CCOC(=O)C1(c2ccc(-c3ccc(-c4sc(F)cc4NC(=O)OC(C)c4ccc(F)cc4F)cc3)cc2)CC1. The summed E-state index contributed by atoms with van der Waals surface area (Å²) >= 11 is 0.866. The molecule has 0 bridgehead atoms. The van der Waals surface area contributed by atoms with Gasteiger partial charge in [0.1, 0.15) is 17.7 Å². The van der Waals surface area contributed by atoms with E-state index in [0.717, 1.165) is 46.9 Å². The molecule has 0 saturated heterocycles. The van der Waals surface area contributed by atoms with Crippen LogP contribution in [0, 0.1) is 16.8 Å². The Labute approximate surface area is 233 Å². The number of carbonyl (C=O) groups excluding carboxylic acids is 2. The Morgan fingerprint density at radius 2 is 1.55 bits per heavy atom. The number of hydrogen-bond donors (Lipinski definition) is 1. The van der Waals surface area contributed by atoms with Crippen molar-refractivity contribution in [2.75, 3.05) is 11.9 Å². The van der Waals surface area contributed by atoms with Crippen LogP contribution < -0.4 is 5.32 Å². The number of benzene rings is 3. The van der Waals surface area contributed by atoms with E-state index in [1.54, 1.807) is 6.92 Å². The van der Waals surface area contributed by atoms with E-state index in [9.17, 15) is 22.8 Å². The molecule has 0 spiro atoms. The minimum absolute atomic E-state index is 0.0186. The summed E-state index contributed by atoms with van der Waals surface area (Å²) < 4.78 is 52.0. The molecule has 1 saturated carbocycles. The summed E-state index contributed by atoms with van der Waals surface area (Å²) in [5.41, 5.74) is 3.21. The maximum absolute atomic E-state index is 14.2. The van der Waals surface area contributed by atoms with Gasteiger partial charge in [-0.2, -0.15) is 4.39 Å². The van der Waals surface area contributed by atoms with Crippen LogP contribution >= 0.6 is 11.3 Å². The molecule has 1 aromatic heterocycles. The van der Waals surface area contributed by atoms with E-state index in [1.807, 2.05) is 48.5 Å². The zero-order chi connectivity index (χ0) is 28.4. The Kier molecular flexibility index (Phi) is 7.67. The molecule has 40 heavy (non-hydrogen) atoms. The summed E-state index contributed by atoms with van der Waals surface area (Å²) in [6.07, 6.45) is -0.333. The average Bonchev–Trinajstić information content (AvgIpc) is 3.66. The van der Waals surface area contributed by atoms with Crippen LogP contribution in [0.3, 0.4) is 0 Å². The van der Waals surface area contributed by atoms with Crippen LogP contribution in [-0.4, -0.2) is 18.7 Å². The third kappa shape index (κ3) is 5.60. The van der Waals surface area contributed by atoms with Gasteiger partial charge in [-0.3, -0.25) is 10.1 Å². The van der Waals surface area contributed by atoms with Gasteiger partial charge < -0.3 is 9.47 Å². The highest BCUT2D eigenvalue weighted by molar-refractivity contribution is 7.14. The van der Waals surface area contributed by atoms with Crippen LogP contribution in [0.25, 0.3) is 21.6 Å². The van der Waals surface area contributed by atoms with Crippen molar-refractivity contribution in [3.8, 4) is 21.6 Å². The zero-order valence-corrected chi connectivity index (χ0v) is 22.6. The number of thiophene rings is 1. The molecule has 5 nitrogen and oxygen atoms in total. The van der Waals surface area contributed by atoms with Crippen molar-refractivity contribution in [2.24, 2.45) is 0 Å². The molecule has 1 aliphatic carbocycles. The fourth-order valence-electron chi connectivity index (χ4n) is 4.66. The molecule has 5 rings (SSSR count). The second kappa shape index (κ2) is 11.2.